The van der Waals surface area contributed by atoms with Crippen LogP contribution >= 0.6 is 43.5 Å². The Hall–Kier alpha value is -0.580. The normalized spacial score (nSPS) is 10.7. The van der Waals surface area contributed by atoms with Gasteiger partial charge in [-0.05, 0) is 48.4 Å². The van der Waals surface area contributed by atoms with E-state index in [1.165, 1.54) is 12.1 Å². The predicted octanol–water partition coefficient (Wildman–Crippen LogP) is 5.98. The smallest absolute Gasteiger partial charge is 0.127 e. The minimum Gasteiger partial charge on any atom is -0.488 e. The Balaban J connectivity index is 2.22. The van der Waals surface area contributed by atoms with E-state index >= 15 is 0 Å². The van der Waals surface area contributed by atoms with Crippen molar-refractivity contribution in [3.63, 3.8) is 0 Å². The molecule has 0 unspecified atom stereocenters. The molecule has 0 aromatic heterocycles. The van der Waals surface area contributed by atoms with E-state index in [2.05, 4.69) is 31.9 Å². The molecule has 20 heavy (non-hydrogen) atoms. The fraction of sp³-hybridized carbons (Fsp3) is 0.200. The van der Waals surface area contributed by atoms with Gasteiger partial charge in [-0.25, -0.2) is 4.39 Å². The Labute approximate surface area is 139 Å². The Morgan fingerprint density at radius 1 is 1.10 bits per heavy atom. The quantitative estimate of drug-likeness (QED) is 0.551. The molecule has 0 bridgehead atoms. The van der Waals surface area contributed by atoms with E-state index in [9.17, 15) is 4.39 Å². The molecule has 0 amide bonds. The Morgan fingerprint density at radius 3 is 2.45 bits per heavy atom. The molecule has 2 rings (SSSR count). The lowest BCUT2D eigenvalue weighted by Crippen LogP contribution is -2.00. The first-order valence-corrected chi connectivity index (χ1v) is 8.04. The van der Waals surface area contributed by atoms with Crippen molar-refractivity contribution in [1.29, 1.82) is 0 Å². The molecule has 0 radical (unpaired) electrons. The van der Waals surface area contributed by atoms with Crippen molar-refractivity contribution in [3.8, 4) is 5.75 Å². The van der Waals surface area contributed by atoms with Crippen molar-refractivity contribution in [2.45, 2.75) is 19.4 Å². The molecule has 2 aromatic rings. The largest absolute Gasteiger partial charge is 0.488 e. The Kier molecular flexibility index (Phi) is 5.47. The van der Waals surface area contributed by atoms with Gasteiger partial charge in [-0.3, -0.25) is 0 Å². The third-order valence-corrected chi connectivity index (χ3v) is 3.97. The maximum Gasteiger partial charge on any atom is 0.127 e. The number of halogens is 4. The maximum atomic E-state index is 13.3. The summed E-state index contributed by atoms with van der Waals surface area (Å²) in [5.41, 5.74) is 2.67. The van der Waals surface area contributed by atoms with Crippen molar-refractivity contribution in [2.75, 3.05) is 0 Å². The number of alkyl halides is 1. The van der Waals surface area contributed by atoms with Gasteiger partial charge in [-0.15, -0.1) is 11.6 Å². The standard InChI is InChI=1S/C15H12Br2ClFO/c1-9-2-12(16)5-11(7-18)15(9)20-8-10-3-13(17)6-14(19)4-10/h2-6H,7-8H2,1H3. The van der Waals surface area contributed by atoms with Crippen LogP contribution in [0.25, 0.3) is 0 Å². The second-order valence-corrected chi connectivity index (χ2v) is 6.51. The molecule has 0 aliphatic carbocycles. The molecule has 5 heteroatoms. The topological polar surface area (TPSA) is 9.23 Å². The molecule has 106 valence electrons. The Morgan fingerprint density at radius 2 is 1.80 bits per heavy atom. The average molecular weight is 423 g/mol. The van der Waals surface area contributed by atoms with Crippen molar-refractivity contribution >= 4 is 43.5 Å². The molecule has 1 nitrogen and oxygen atoms in total. The molecule has 0 aliphatic rings. The number of rotatable bonds is 4. The van der Waals surface area contributed by atoms with Crippen molar-refractivity contribution in [1.82, 2.24) is 0 Å². The minimum absolute atomic E-state index is 0.289. The number of aryl methyl sites for hydroxylation is 1. The van der Waals surface area contributed by atoms with Gasteiger partial charge in [-0.1, -0.05) is 31.9 Å². The van der Waals surface area contributed by atoms with Crippen molar-refractivity contribution in [2.24, 2.45) is 0 Å². The molecule has 0 aliphatic heterocycles. The fourth-order valence-electron chi connectivity index (χ4n) is 1.95. The molecule has 0 saturated carbocycles. The number of hydrogen-bond donors (Lipinski definition) is 0. The molecule has 0 saturated heterocycles. The summed E-state index contributed by atoms with van der Waals surface area (Å²) in [6, 6.07) is 8.60. The van der Waals surface area contributed by atoms with Crippen LogP contribution in [0.2, 0.25) is 0 Å². The predicted molar refractivity (Wildman–Crippen MR) is 86.9 cm³/mol. The van der Waals surface area contributed by atoms with Gasteiger partial charge in [0.2, 0.25) is 0 Å². The zero-order chi connectivity index (χ0) is 14.7. The number of ether oxygens (including phenoxy) is 1. The van der Waals surface area contributed by atoms with E-state index in [1.54, 1.807) is 0 Å². The lowest BCUT2D eigenvalue weighted by molar-refractivity contribution is 0.301. The maximum absolute atomic E-state index is 13.3. The molecular formula is C15H12Br2ClFO. The van der Waals surface area contributed by atoms with E-state index < -0.39 is 0 Å². The van der Waals surface area contributed by atoms with Gasteiger partial charge < -0.3 is 4.74 Å². The fourth-order valence-corrected chi connectivity index (χ4v) is 3.29. The first-order chi connectivity index (χ1) is 9.49. The van der Waals surface area contributed by atoms with Crippen LogP contribution < -0.4 is 4.74 Å². The van der Waals surface area contributed by atoms with Gasteiger partial charge in [0, 0.05) is 14.5 Å². The van der Waals surface area contributed by atoms with E-state index in [-0.39, 0.29) is 5.82 Å². The first-order valence-electron chi connectivity index (χ1n) is 5.92. The van der Waals surface area contributed by atoms with Gasteiger partial charge in [0.25, 0.3) is 0 Å². The zero-order valence-electron chi connectivity index (χ0n) is 10.7. The molecular weight excluding hydrogens is 410 g/mol. The van der Waals surface area contributed by atoms with E-state index in [4.69, 9.17) is 16.3 Å². The van der Waals surface area contributed by atoms with E-state index in [0.717, 1.165) is 26.9 Å². The van der Waals surface area contributed by atoms with E-state index in [0.29, 0.717) is 17.0 Å². The average Bonchev–Trinajstić information content (AvgIpc) is 2.35. The Bertz CT molecular complexity index is 611. The van der Waals surface area contributed by atoms with E-state index in [1.807, 2.05) is 25.1 Å². The summed E-state index contributed by atoms with van der Waals surface area (Å²) in [5, 5.41) is 0. The summed E-state index contributed by atoms with van der Waals surface area (Å²) in [6.45, 7) is 2.25. The van der Waals surface area contributed by atoms with Gasteiger partial charge in [0.1, 0.15) is 18.2 Å². The molecule has 0 spiro atoms. The first kappa shape index (κ1) is 15.8. The summed E-state index contributed by atoms with van der Waals surface area (Å²) in [5.74, 6) is 0.828. The summed E-state index contributed by atoms with van der Waals surface area (Å²) < 4.78 is 20.8. The number of hydrogen-bond acceptors (Lipinski definition) is 1. The highest BCUT2D eigenvalue weighted by molar-refractivity contribution is 9.10. The van der Waals surface area contributed by atoms with Gasteiger partial charge in [0.15, 0.2) is 0 Å². The van der Waals surface area contributed by atoms with Crippen LogP contribution in [0.4, 0.5) is 4.39 Å². The van der Waals surface area contributed by atoms with Crippen LogP contribution in [0.1, 0.15) is 16.7 Å². The zero-order valence-corrected chi connectivity index (χ0v) is 14.6. The van der Waals surface area contributed by atoms with Crippen molar-refractivity contribution in [3.05, 3.63) is 61.8 Å². The van der Waals surface area contributed by atoms with Crippen molar-refractivity contribution < 1.29 is 9.13 Å². The molecule has 0 fully saturated rings. The molecule has 0 atom stereocenters. The van der Waals surface area contributed by atoms with Crippen LogP contribution in [-0.4, -0.2) is 0 Å². The van der Waals surface area contributed by atoms with Gasteiger partial charge in [-0.2, -0.15) is 0 Å². The third kappa shape index (κ3) is 3.96. The van der Waals surface area contributed by atoms with Crippen LogP contribution in [-0.2, 0) is 12.5 Å². The highest BCUT2D eigenvalue weighted by atomic mass is 79.9. The lowest BCUT2D eigenvalue weighted by atomic mass is 10.1. The lowest BCUT2D eigenvalue weighted by Gasteiger charge is -2.14. The second-order valence-electron chi connectivity index (χ2n) is 4.41. The SMILES string of the molecule is Cc1cc(Br)cc(CCl)c1OCc1cc(F)cc(Br)c1. The summed E-state index contributed by atoms with van der Waals surface area (Å²) >= 11 is 12.6. The molecule has 2 aromatic carbocycles. The van der Waals surface area contributed by atoms with Gasteiger partial charge in [0.05, 0.1) is 5.88 Å². The summed E-state index contributed by atoms with van der Waals surface area (Å²) in [6.07, 6.45) is 0. The molecule has 0 N–H and O–H groups in total. The second kappa shape index (κ2) is 6.92. The van der Waals surface area contributed by atoms with Crippen LogP contribution in [0.5, 0.6) is 5.75 Å². The van der Waals surface area contributed by atoms with Crippen LogP contribution in [0.15, 0.2) is 39.3 Å². The summed E-state index contributed by atoms with van der Waals surface area (Å²) in [4.78, 5) is 0. The minimum atomic E-state index is -0.289. The summed E-state index contributed by atoms with van der Waals surface area (Å²) in [7, 11) is 0. The highest BCUT2D eigenvalue weighted by Gasteiger charge is 2.09. The molecule has 0 heterocycles. The van der Waals surface area contributed by atoms with Crippen LogP contribution in [0, 0.1) is 12.7 Å². The number of benzene rings is 2. The van der Waals surface area contributed by atoms with Crippen LogP contribution in [0.3, 0.4) is 0 Å². The van der Waals surface area contributed by atoms with Gasteiger partial charge >= 0.3 is 0 Å². The monoisotopic (exact) mass is 420 g/mol. The highest BCUT2D eigenvalue weighted by Crippen LogP contribution is 2.30. The third-order valence-electron chi connectivity index (χ3n) is 2.77.